The van der Waals surface area contributed by atoms with Crippen molar-refractivity contribution in [1.29, 1.82) is 0 Å². The molecule has 3 aromatic heterocycles. The number of halogens is 1. The summed E-state index contributed by atoms with van der Waals surface area (Å²) in [5.41, 5.74) is -0.491. The first kappa shape index (κ1) is 22.4. The molecule has 0 N–H and O–H groups in total. The highest BCUT2D eigenvalue weighted by Crippen LogP contribution is 2.45. The standard InChI is InChI=1S/C24H25FN6O2/c1-23(2,3)33-22(32)31(16-24(11-6-12-24)21-18(25)7-5-13-27-21)20-9-8-19(28-29-20)30-14-10-17(15-30)26-4/h5,7-10,13-15H,6,11-12,16H2,1-3H3. The molecule has 1 saturated carbocycles. The van der Waals surface area contributed by atoms with E-state index in [-0.39, 0.29) is 12.4 Å². The molecule has 1 fully saturated rings. The van der Waals surface area contributed by atoms with Gasteiger partial charge in [-0.25, -0.2) is 14.0 Å². The Hall–Kier alpha value is -3.80. The van der Waals surface area contributed by atoms with Crippen molar-refractivity contribution in [2.24, 2.45) is 0 Å². The first-order valence-electron chi connectivity index (χ1n) is 10.7. The number of amides is 1. The van der Waals surface area contributed by atoms with Gasteiger partial charge in [0.1, 0.15) is 11.4 Å². The van der Waals surface area contributed by atoms with Crippen molar-refractivity contribution in [2.45, 2.75) is 51.0 Å². The molecule has 33 heavy (non-hydrogen) atoms. The molecule has 0 aromatic carbocycles. The van der Waals surface area contributed by atoms with Crippen LogP contribution in [0.1, 0.15) is 45.7 Å². The molecule has 1 aliphatic rings. The molecule has 3 heterocycles. The zero-order valence-corrected chi connectivity index (χ0v) is 18.8. The van der Waals surface area contributed by atoms with Gasteiger partial charge in [0.05, 0.1) is 12.3 Å². The van der Waals surface area contributed by atoms with E-state index in [1.807, 2.05) is 0 Å². The van der Waals surface area contributed by atoms with Crippen molar-refractivity contribution < 1.29 is 13.9 Å². The van der Waals surface area contributed by atoms with Crippen molar-refractivity contribution in [2.75, 3.05) is 11.4 Å². The number of hydrogen-bond donors (Lipinski definition) is 0. The van der Waals surface area contributed by atoms with E-state index in [2.05, 4.69) is 20.0 Å². The summed E-state index contributed by atoms with van der Waals surface area (Å²) in [7, 11) is 0. The Morgan fingerprint density at radius 2 is 2.06 bits per heavy atom. The van der Waals surface area contributed by atoms with Crippen molar-refractivity contribution in [1.82, 2.24) is 19.7 Å². The van der Waals surface area contributed by atoms with Crippen molar-refractivity contribution >= 4 is 17.6 Å². The van der Waals surface area contributed by atoms with E-state index in [4.69, 9.17) is 11.3 Å². The second-order valence-corrected chi connectivity index (χ2v) is 9.17. The summed E-state index contributed by atoms with van der Waals surface area (Å²) >= 11 is 0. The highest BCUT2D eigenvalue weighted by Gasteiger charge is 2.45. The number of hydrogen-bond acceptors (Lipinski definition) is 5. The fourth-order valence-corrected chi connectivity index (χ4v) is 3.90. The summed E-state index contributed by atoms with van der Waals surface area (Å²) in [6.45, 7) is 12.6. The van der Waals surface area contributed by atoms with Crippen molar-refractivity contribution in [3.8, 4) is 5.82 Å². The predicted molar refractivity (Wildman–Crippen MR) is 121 cm³/mol. The molecule has 4 rings (SSSR count). The molecule has 9 heteroatoms. The lowest BCUT2D eigenvalue weighted by Crippen LogP contribution is -2.50. The number of nitrogens with zero attached hydrogens (tertiary/aromatic N) is 6. The van der Waals surface area contributed by atoms with Crippen LogP contribution in [0.2, 0.25) is 0 Å². The average molecular weight is 449 g/mol. The van der Waals surface area contributed by atoms with Crippen LogP contribution in [0.4, 0.5) is 20.7 Å². The van der Waals surface area contributed by atoms with E-state index in [0.29, 0.717) is 35.9 Å². The Labute approximate surface area is 191 Å². The van der Waals surface area contributed by atoms with E-state index in [0.717, 1.165) is 6.42 Å². The lowest BCUT2D eigenvalue weighted by molar-refractivity contribution is 0.0557. The zero-order valence-electron chi connectivity index (χ0n) is 18.8. The molecule has 1 amide bonds. The first-order chi connectivity index (χ1) is 15.7. The Morgan fingerprint density at radius 1 is 1.27 bits per heavy atom. The van der Waals surface area contributed by atoms with Crippen LogP contribution in [0.3, 0.4) is 0 Å². The number of rotatable bonds is 5. The highest BCUT2D eigenvalue weighted by molar-refractivity contribution is 5.87. The molecule has 0 atom stereocenters. The molecule has 0 saturated heterocycles. The maximum absolute atomic E-state index is 14.7. The maximum atomic E-state index is 14.7. The SMILES string of the molecule is [C-]#[N+]c1ccn(-c2ccc(N(CC3(c4ncccc4F)CCC3)C(=O)OC(C)(C)C)nn2)c1. The number of anilines is 1. The van der Waals surface area contributed by atoms with Gasteiger partial charge in [-0.2, -0.15) is 0 Å². The Balaban J connectivity index is 1.67. The molecule has 1 aliphatic carbocycles. The van der Waals surface area contributed by atoms with Crippen LogP contribution in [0.5, 0.6) is 0 Å². The molecule has 0 spiro atoms. The van der Waals surface area contributed by atoms with E-state index < -0.39 is 17.1 Å². The van der Waals surface area contributed by atoms with Crippen LogP contribution in [0.15, 0.2) is 48.9 Å². The lowest BCUT2D eigenvalue weighted by atomic mass is 9.66. The smallest absolute Gasteiger partial charge is 0.416 e. The van der Waals surface area contributed by atoms with E-state index in [1.165, 1.54) is 11.0 Å². The van der Waals surface area contributed by atoms with Gasteiger partial charge in [-0.3, -0.25) is 9.88 Å². The number of carbonyl (C=O) groups excluding carboxylic acids is 1. The second-order valence-electron chi connectivity index (χ2n) is 9.17. The van der Waals surface area contributed by atoms with Gasteiger partial charge in [-0.1, -0.05) is 6.42 Å². The number of carbonyl (C=O) groups is 1. The predicted octanol–water partition coefficient (Wildman–Crippen LogP) is 5.22. The van der Waals surface area contributed by atoms with Crippen LogP contribution in [-0.2, 0) is 10.2 Å². The van der Waals surface area contributed by atoms with Crippen LogP contribution < -0.4 is 4.90 Å². The number of pyridine rings is 1. The summed E-state index contributed by atoms with van der Waals surface area (Å²) in [6.07, 6.45) is 6.68. The highest BCUT2D eigenvalue weighted by atomic mass is 19.1. The third-order valence-corrected chi connectivity index (χ3v) is 5.63. The van der Waals surface area contributed by atoms with Gasteiger partial charge in [0.15, 0.2) is 11.6 Å². The monoisotopic (exact) mass is 448 g/mol. The van der Waals surface area contributed by atoms with Gasteiger partial charge < -0.3 is 9.30 Å². The summed E-state index contributed by atoms with van der Waals surface area (Å²) in [5.74, 6) is 0.422. The Bertz CT molecular complexity index is 1190. The van der Waals surface area contributed by atoms with E-state index in [9.17, 15) is 9.18 Å². The Morgan fingerprint density at radius 3 is 2.61 bits per heavy atom. The number of ether oxygens (including phenoxy) is 1. The van der Waals surface area contributed by atoms with E-state index >= 15 is 0 Å². The maximum Gasteiger partial charge on any atom is 0.416 e. The summed E-state index contributed by atoms with van der Waals surface area (Å²) in [6, 6.07) is 8.01. The van der Waals surface area contributed by atoms with Crippen LogP contribution in [0.25, 0.3) is 10.7 Å². The summed E-state index contributed by atoms with van der Waals surface area (Å²) in [4.78, 5) is 22.3. The fraction of sp³-hybridized carbons (Fsp3) is 0.375. The molecular formula is C24H25FN6O2. The van der Waals surface area contributed by atoms with Gasteiger partial charge in [0, 0.05) is 24.4 Å². The van der Waals surface area contributed by atoms with Gasteiger partial charge in [-0.05, 0) is 70.1 Å². The largest absolute Gasteiger partial charge is 0.443 e. The molecule has 0 radical (unpaired) electrons. The normalized spacial score (nSPS) is 14.8. The molecule has 8 nitrogen and oxygen atoms in total. The third-order valence-electron chi connectivity index (χ3n) is 5.63. The summed E-state index contributed by atoms with van der Waals surface area (Å²) < 4.78 is 22.0. The molecule has 170 valence electrons. The lowest BCUT2D eigenvalue weighted by Gasteiger charge is -2.44. The zero-order chi connectivity index (χ0) is 23.6. The molecule has 0 unspecified atom stereocenters. The van der Waals surface area contributed by atoms with E-state index in [1.54, 1.807) is 68.2 Å². The minimum Gasteiger partial charge on any atom is -0.443 e. The Kier molecular flexibility index (Phi) is 5.85. The topological polar surface area (TPSA) is 77.5 Å². The van der Waals surface area contributed by atoms with Crippen molar-refractivity contribution in [3.63, 3.8) is 0 Å². The summed E-state index contributed by atoms with van der Waals surface area (Å²) in [5, 5.41) is 8.49. The second kappa shape index (κ2) is 8.62. The molecule has 0 bridgehead atoms. The van der Waals surface area contributed by atoms with Crippen LogP contribution >= 0.6 is 0 Å². The van der Waals surface area contributed by atoms with Gasteiger partial charge in [-0.15, -0.1) is 10.2 Å². The number of aromatic nitrogens is 4. The van der Waals surface area contributed by atoms with Gasteiger partial charge in [0.2, 0.25) is 5.69 Å². The van der Waals surface area contributed by atoms with Gasteiger partial charge >= 0.3 is 6.09 Å². The molecular weight excluding hydrogens is 423 g/mol. The fourth-order valence-electron chi connectivity index (χ4n) is 3.90. The quantitative estimate of drug-likeness (QED) is 0.501. The minimum atomic E-state index is -0.715. The van der Waals surface area contributed by atoms with Crippen LogP contribution in [-0.4, -0.2) is 38.0 Å². The van der Waals surface area contributed by atoms with Crippen LogP contribution in [0, 0.1) is 12.4 Å². The minimum absolute atomic E-state index is 0.176. The third kappa shape index (κ3) is 4.70. The van der Waals surface area contributed by atoms with Gasteiger partial charge in [0.25, 0.3) is 0 Å². The average Bonchev–Trinajstić information content (AvgIpc) is 3.22. The molecule has 3 aromatic rings. The molecule has 0 aliphatic heterocycles. The van der Waals surface area contributed by atoms with Crippen molar-refractivity contribution in [3.05, 3.63) is 71.9 Å². The first-order valence-corrected chi connectivity index (χ1v) is 10.7.